The summed E-state index contributed by atoms with van der Waals surface area (Å²) in [5.41, 5.74) is 1.86. The summed E-state index contributed by atoms with van der Waals surface area (Å²) >= 11 is 0. The van der Waals surface area contributed by atoms with Crippen molar-refractivity contribution in [2.45, 2.75) is 26.3 Å². The molecule has 0 aliphatic rings. The molecule has 2 heterocycles. The second-order valence-corrected chi connectivity index (χ2v) is 3.62. The van der Waals surface area contributed by atoms with E-state index in [1.807, 2.05) is 23.1 Å². The van der Waals surface area contributed by atoms with Gasteiger partial charge in [-0.3, -0.25) is 9.97 Å². The third-order valence-electron chi connectivity index (χ3n) is 2.37. The topological polar surface area (TPSA) is 42.5 Å². The molecule has 0 fully saturated rings. The van der Waals surface area contributed by atoms with Gasteiger partial charge >= 0.3 is 0 Å². The Kier molecular flexibility index (Phi) is 3.53. The molecule has 16 heavy (non-hydrogen) atoms. The van der Waals surface area contributed by atoms with Crippen LogP contribution in [-0.2, 0) is 6.54 Å². The van der Waals surface area contributed by atoms with E-state index in [9.17, 15) is 0 Å². The monoisotopic (exact) mass is 215 g/mol. The van der Waals surface area contributed by atoms with Crippen molar-refractivity contribution in [1.82, 2.24) is 15.1 Å². The fraction of sp³-hybridized carbons (Fsp3) is 0.333. The maximum atomic E-state index is 4.34. The number of rotatable bonds is 4. The highest BCUT2D eigenvalue weighted by atomic mass is 15.2. The first-order chi connectivity index (χ1) is 7.90. The highest BCUT2D eigenvalue weighted by molar-refractivity contribution is 5.54. The fourth-order valence-electron chi connectivity index (χ4n) is 1.44. The minimum Gasteiger partial charge on any atom is -0.261 e. The lowest BCUT2D eigenvalue weighted by Gasteiger charge is -1.97. The molecule has 0 spiro atoms. The molecule has 0 bridgehead atoms. The lowest BCUT2D eigenvalue weighted by Crippen LogP contribution is -2.37. The van der Waals surface area contributed by atoms with Crippen LogP contribution in [0.4, 0.5) is 0 Å². The van der Waals surface area contributed by atoms with Gasteiger partial charge in [-0.15, -0.1) is 0 Å². The highest BCUT2D eigenvalue weighted by Crippen LogP contribution is 2.11. The van der Waals surface area contributed by atoms with E-state index in [1.165, 1.54) is 6.42 Å². The second-order valence-electron chi connectivity index (χ2n) is 3.62. The van der Waals surface area contributed by atoms with Gasteiger partial charge in [0.2, 0.25) is 0 Å². The average Bonchev–Trinajstić information content (AvgIpc) is 2.38. The molecule has 0 aliphatic carbocycles. The van der Waals surface area contributed by atoms with Gasteiger partial charge in [0.15, 0.2) is 12.7 Å². The molecular weight excluding hydrogens is 200 g/mol. The lowest BCUT2D eigenvalue weighted by molar-refractivity contribution is -0.754. The minimum atomic E-state index is 0.859. The fourth-order valence-corrected chi connectivity index (χ4v) is 1.44. The number of hydrogen-bond donors (Lipinski definition) is 0. The van der Waals surface area contributed by atoms with Crippen molar-refractivity contribution >= 4 is 0 Å². The van der Waals surface area contributed by atoms with E-state index in [0.29, 0.717) is 0 Å². The van der Waals surface area contributed by atoms with Gasteiger partial charge in [-0.1, -0.05) is 18.0 Å². The Morgan fingerprint density at radius 3 is 2.81 bits per heavy atom. The minimum absolute atomic E-state index is 0.859. The highest BCUT2D eigenvalue weighted by Gasteiger charge is 2.04. The van der Waals surface area contributed by atoms with Crippen molar-refractivity contribution in [3.05, 3.63) is 37.1 Å². The summed E-state index contributed by atoms with van der Waals surface area (Å²) in [4.78, 5) is 8.27. The summed E-state index contributed by atoms with van der Waals surface area (Å²) in [7, 11) is 0. The summed E-state index contributed by atoms with van der Waals surface area (Å²) in [5, 5.41) is 4.34. The molecule has 4 heteroatoms. The molecule has 0 atom stereocenters. The Hall–Kier alpha value is -1.84. The van der Waals surface area contributed by atoms with Crippen LogP contribution in [0.5, 0.6) is 0 Å². The molecule has 0 saturated carbocycles. The van der Waals surface area contributed by atoms with Crippen LogP contribution in [0.1, 0.15) is 19.8 Å². The van der Waals surface area contributed by atoms with Gasteiger partial charge in [0.25, 0.3) is 0 Å². The molecule has 0 unspecified atom stereocenters. The zero-order valence-corrected chi connectivity index (χ0v) is 9.37. The molecule has 0 N–H and O–H groups in total. The molecule has 2 aromatic heterocycles. The molecule has 0 radical (unpaired) electrons. The van der Waals surface area contributed by atoms with Crippen LogP contribution in [0.15, 0.2) is 37.1 Å². The molecule has 0 aliphatic heterocycles. The first-order valence-corrected chi connectivity index (χ1v) is 5.52. The maximum absolute atomic E-state index is 4.34. The molecular formula is C12H15N4+. The summed E-state index contributed by atoms with van der Waals surface area (Å²) in [6.07, 6.45) is 11.3. The van der Waals surface area contributed by atoms with Gasteiger partial charge in [-0.25, -0.2) is 0 Å². The van der Waals surface area contributed by atoms with E-state index < -0.39 is 0 Å². The molecule has 4 nitrogen and oxygen atoms in total. The largest absolute Gasteiger partial charge is 0.261 e. The zero-order valence-electron chi connectivity index (χ0n) is 9.37. The summed E-state index contributed by atoms with van der Waals surface area (Å²) in [6, 6.07) is 2.02. The van der Waals surface area contributed by atoms with Gasteiger partial charge < -0.3 is 0 Å². The molecule has 2 rings (SSSR count). The lowest BCUT2D eigenvalue weighted by atomic mass is 10.2. The van der Waals surface area contributed by atoms with Crippen molar-refractivity contribution in [2.75, 3.05) is 0 Å². The Balaban J connectivity index is 2.13. The van der Waals surface area contributed by atoms with Crippen molar-refractivity contribution < 1.29 is 4.68 Å². The van der Waals surface area contributed by atoms with Crippen molar-refractivity contribution in [1.29, 1.82) is 0 Å². The first-order valence-electron chi connectivity index (χ1n) is 5.52. The van der Waals surface area contributed by atoms with E-state index in [-0.39, 0.29) is 0 Å². The third kappa shape index (κ3) is 2.59. The maximum Gasteiger partial charge on any atom is 0.196 e. The van der Waals surface area contributed by atoms with Crippen molar-refractivity contribution in [2.24, 2.45) is 0 Å². The van der Waals surface area contributed by atoms with Gasteiger partial charge in [0, 0.05) is 30.4 Å². The SMILES string of the molecule is CCCC[n+]1ccc(-c2cnccn2)cn1. The van der Waals surface area contributed by atoms with E-state index in [2.05, 4.69) is 22.0 Å². The van der Waals surface area contributed by atoms with Gasteiger partial charge in [0.1, 0.15) is 6.20 Å². The normalized spacial score (nSPS) is 10.3. The summed E-state index contributed by atoms with van der Waals surface area (Å²) in [6.45, 7) is 3.14. The predicted octanol–water partition coefficient (Wildman–Crippen LogP) is 1.63. The Bertz CT molecular complexity index is 425. The Morgan fingerprint density at radius 1 is 1.25 bits per heavy atom. The quantitative estimate of drug-likeness (QED) is 0.728. The molecule has 0 saturated heterocycles. The van der Waals surface area contributed by atoms with Crippen molar-refractivity contribution in [3.8, 4) is 11.3 Å². The number of nitrogens with zero attached hydrogens (tertiary/aromatic N) is 4. The van der Waals surface area contributed by atoms with Crippen LogP contribution in [0.2, 0.25) is 0 Å². The summed E-state index contributed by atoms with van der Waals surface area (Å²) in [5.74, 6) is 0. The van der Waals surface area contributed by atoms with Crippen LogP contribution < -0.4 is 4.68 Å². The van der Waals surface area contributed by atoms with Gasteiger partial charge in [0.05, 0.1) is 11.9 Å². The zero-order chi connectivity index (χ0) is 11.2. The average molecular weight is 215 g/mol. The summed E-state index contributed by atoms with van der Waals surface area (Å²) < 4.78 is 1.95. The number of aromatic nitrogens is 4. The van der Waals surface area contributed by atoms with Crippen LogP contribution in [0, 0.1) is 0 Å². The predicted molar refractivity (Wildman–Crippen MR) is 60.4 cm³/mol. The molecule has 82 valence electrons. The van der Waals surface area contributed by atoms with Crippen LogP contribution in [0.25, 0.3) is 11.3 Å². The van der Waals surface area contributed by atoms with E-state index in [0.717, 1.165) is 24.2 Å². The van der Waals surface area contributed by atoms with E-state index in [4.69, 9.17) is 0 Å². The smallest absolute Gasteiger partial charge is 0.196 e. The van der Waals surface area contributed by atoms with Gasteiger partial charge in [-0.05, 0) is 5.10 Å². The third-order valence-corrected chi connectivity index (χ3v) is 2.37. The van der Waals surface area contributed by atoms with E-state index in [1.54, 1.807) is 18.6 Å². The Morgan fingerprint density at radius 2 is 2.19 bits per heavy atom. The number of hydrogen-bond acceptors (Lipinski definition) is 3. The molecule has 0 amide bonds. The van der Waals surface area contributed by atoms with E-state index >= 15 is 0 Å². The number of aryl methyl sites for hydroxylation is 1. The molecule has 2 aromatic rings. The van der Waals surface area contributed by atoms with Crippen LogP contribution >= 0.6 is 0 Å². The number of unbranched alkanes of at least 4 members (excludes halogenated alkanes) is 1. The van der Waals surface area contributed by atoms with Gasteiger partial charge in [-0.2, -0.15) is 0 Å². The van der Waals surface area contributed by atoms with Crippen molar-refractivity contribution in [3.63, 3.8) is 0 Å². The standard InChI is InChI=1S/C12H15N4/c1-2-3-7-16-8-4-11(9-15-16)12-10-13-5-6-14-12/h4-6,8-10H,2-3,7H2,1H3/q+1. The van der Waals surface area contributed by atoms with Crippen LogP contribution in [0.3, 0.4) is 0 Å². The first kappa shape index (κ1) is 10.7. The second kappa shape index (κ2) is 5.30. The molecule has 0 aromatic carbocycles. The Labute approximate surface area is 95.0 Å². The van der Waals surface area contributed by atoms with Crippen LogP contribution in [-0.4, -0.2) is 15.1 Å².